The number of hydrogen-bond donors (Lipinski definition) is 0. The summed E-state index contributed by atoms with van der Waals surface area (Å²) in [4.78, 5) is 0. The van der Waals surface area contributed by atoms with Crippen molar-refractivity contribution < 1.29 is 0 Å². The smallest absolute Gasteiger partial charge is 0.0439 e. The Bertz CT molecular complexity index is 164. The number of rotatable bonds is 3. The van der Waals surface area contributed by atoms with E-state index < -0.39 is 0 Å². The van der Waals surface area contributed by atoms with Gasteiger partial charge in [-0.05, 0) is 13.8 Å². The van der Waals surface area contributed by atoms with Gasteiger partial charge in [-0.2, -0.15) is 0 Å². The van der Waals surface area contributed by atoms with Crippen molar-refractivity contribution in [2.45, 2.75) is 13.8 Å². The highest BCUT2D eigenvalue weighted by molar-refractivity contribution is 5.16. The van der Waals surface area contributed by atoms with Gasteiger partial charge in [0.05, 0.1) is 0 Å². The van der Waals surface area contributed by atoms with Gasteiger partial charge in [0.25, 0.3) is 0 Å². The molecule has 0 N–H and O–H groups in total. The summed E-state index contributed by atoms with van der Waals surface area (Å²) in [6.45, 7) is 7.70. The van der Waals surface area contributed by atoms with Crippen molar-refractivity contribution in [3.63, 3.8) is 0 Å². The molecule has 0 heteroatoms. The Hall–Kier alpha value is -1.04. The first kappa shape index (κ1) is 8.96. The van der Waals surface area contributed by atoms with Gasteiger partial charge in [0, 0.05) is 0 Å². The molecule has 0 saturated carbocycles. The summed E-state index contributed by atoms with van der Waals surface area (Å²) in [5.74, 6) is 0. The van der Waals surface area contributed by atoms with Crippen LogP contribution in [0.3, 0.4) is 0 Å². The van der Waals surface area contributed by atoms with Crippen molar-refractivity contribution in [2.75, 3.05) is 0 Å². The van der Waals surface area contributed by atoms with Crippen LogP contribution in [0.1, 0.15) is 13.8 Å². The molecule has 0 aliphatic heterocycles. The van der Waals surface area contributed by atoms with Crippen LogP contribution in [-0.2, 0) is 0 Å². The third-order valence-electron chi connectivity index (χ3n) is 0.899. The van der Waals surface area contributed by atoms with E-state index in [4.69, 9.17) is 0 Å². The Kier molecular flexibility index (Phi) is 5.45. The predicted octanol–water partition coefficient (Wildman–Crippen LogP) is 3.25. The average Bonchev–Trinajstić information content (AvgIpc) is 1.87. The van der Waals surface area contributed by atoms with E-state index in [-0.39, 0.29) is 0 Å². The second-order valence-corrected chi connectivity index (χ2v) is 2.25. The summed E-state index contributed by atoms with van der Waals surface area (Å²) in [5.41, 5.74) is 1.31. The molecule has 0 bridgehead atoms. The quantitative estimate of drug-likeness (QED) is 0.520. The normalized spacial score (nSPS) is 10.6. The van der Waals surface area contributed by atoms with Crippen molar-refractivity contribution in [1.82, 2.24) is 0 Å². The minimum Gasteiger partial charge on any atom is -0.0991 e. The summed E-state index contributed by atoms with van der Waals surface area (Å²) in [6, 6.07) is 0. The van der Waals surface area contributed by atoms with E-state index in [0.717, 1.165) is 0 Å². The minimum absolute atomic E-state index is 1.31. The Morgan fingerprint density at radius 1 is 1.00 bits per heavy atom. The maximum Gasteiger partial charge on any atom is -0.0439 e. The molecule has 0 atom stereocenters. The van der Waals surface area contributed by atoms with Crippen LogP contribution >= 0.6 is 0 Å². The number of allylic oxidation sites excluding steroid dienone is 7. The molecule has 0 spiro atoms. The molecule has 0 nitrogen and oxygen atoms in total. The van der Waals surface area contributed by atoms with Gasteiger partial charge in [0.15, 0.2) is 0 Å². The first-order valence-electron chi connectivity index (χ1n) is 3.36. The molecule has 0 aromatic rings. The van der Waals surface area contributed by atoms with E-state index in [2.05, 4.69) is 26.5 Å². The van der Waals surface area contributed by atoms with E-state index in [1.165, 1.54) is 5.57 Å². The molecule has 54 valence electrons. The highest BCUT2D eigenvalue weighted by atomic mass is 13.7. The second kappa shape index (κ2) is 6.09. The van der Waals surface area contributed by atoms with Gasteiger partial charge in [-0.1, -0.05) is 48.6 Å². The summed E-state index contributed by atoms with van der Waals surface area (Å²) < 4.78 is 0. The molecule has 0 heterocycles. The van der Waals surface area contributed by atoms with Crippen LogP contribution in [0.25, 0.3) is 0 Å². The standard InChI is InChI=1S/C10H14/c1-4-5-6-7-8-9-10(2)3/h4-9H,1H2,2-3H3/b6-5+,8-7+. The number of hydrogen-bond acceptors (Lipinski definition) is 0. The van der Waals surface area contributed by atoms with E-state index >= 15 is 0 Å². The molecule has 0 aliphatic rings. The molecule has 0 unspecified atom stereocenters. The van der Waals surface area contributed by atoms with Crippen LogP contribution in [0, 0.1) is 0 Å². The summed E-state index contributed by atoms with van der Waals surface area (Å²) >= 11 is 0. The maximum atomic E-state index is 3.56. The molecule has 0 aromatic heterocycles. The Morgan fingerprint density at radius 2 is 1.60 bits per heavy atom. The van der Waals surface area contributed by atoms with Crippen LogP contribution in [0.15, 0.2) is 48.6 Å². The fourth-order valence-electron chi connectivity index (χ4n) is 0.455. The minimum atomic E-state index is 1.31. The third-order valence-corrected chi connectivity index (χ3v) is 0.899. The Morgan fingerprint density at radius 3 is 2.10 bits per heavy atom. The first-order valence-corrected chi connectivity index (χ1v) is 3.36. The van der Waals surface area contributed by atoms with E-state index in [1.807, 2.05) is 24.3 Å². The van der Waals surface area contributed by atoms with Crippen molar-refractivity contribution >= 4 is 0 Å². The molecule has 0 aliphatic carbocycles. The summed E-state index contributed by atoms with van der Waals surface area (Å²) in [5, 5.41) is 0. The summed E-state index contributed by atoms with van der Waals surface area (Å²) in [7, 11) is 0. The molecule has 0 saturated heterocycles. The van der Waals surface area contributed by atoms with Crippen LogP contribution in [0.4, 0.5) is 0 Å². The highest BCUT2D eigenvalue weighted by Crippen LogP contribution is 1.88. The molecular weight excluding hydrogens is 120 g/mol. The summed E-state index contributed by atoms with van der Waals surface area (Å²) in [6.07, 6.45) is 11.7. The molecule has 10 heavy (non-hydrogen) atoms. The molecule has 0 amide bonds. The molecule has 0 rings (SSSR count). The maximum absolute atomic E-state index is 3.56. The zero-order chi connectivity index (χ0) is 7.82. The molecule has 0 fully saturated rings. The van der Waals surface area contributed by atoms with Crippen molar-refractivity contribution in [3.8, 4) is 0 Å². The Labute approximate surface area is 63.3 Å². The first-order chi connectivity index (χ1) is 4.77. The molecule has 0 aromatic carbocycles. The van der Waals surface area contributed by atoms with E-state index in [0.29, 0.717) is 0 Å². The van der Waals surface area contributed by atoms with Gasteiger partial charge in [-0.15, -0.1) is 0 Å². The van der Waals surface area contributed by atoms with E-state index in [9.17, 15) is 0 Å². The van der Waals surface area contributed by atoms with Crippen molar-refractivity contribution in [2.24, 2.45) is 0 Å². The molecule has 0 radical (unpaired) electrons. The lowest BCUT2D eigenvalue weighted by atomic mass is 10.3. The lowest BCUT2D eigenvalue weighted by molar-refractivity contribution is 1.39. The third kappa shape index (κ3) is 6.96. The van der Waals surface area contributed by atoms with Gasteiger partial charge in [-0.3, -0.25) is 0 Å². The second-order valence-electron chi connectivity index (χ2n) is 2.25. The van der Waals surface area contributed by atoms with Crippen molar-refractivity contribution in [1.29, 1.82) is 0 Å². The lowest BCUT2D eigenvalue weighted by Gasteiger charge is -1.79. The monoisotopic (exact) mass is 134 g/mol. The topological polar surface area (TPSA) is 0 Å². The molecular formula is C10H14. The zero-order valence-corrected chi connectivity index (χ0v) is 6.67. The SMILES string of the molecule is C=C/C=C/C=C/C=C(C)C. The highest BCUT2D eigenvalue weighted by Gasteiger charge is 1.67. The van der Waals surface area contributed by atoms with E-state index in [1.54, 1.807) is 6.08 Å². The van der Waals surface area contributed by atoms with Crippen molar-refractivity contribution in [3.05, 3.63) is 48.6 Å². The fourth-order valence-corrected chi connectivity index (χ4v) is 0.455. The van der Waals surface area contributed by atoms with Gasteiger partial charge < -0.3 is 0 Å². The van der Waals surface area contributed by atoms with Gasteiger partial charge >= 0.3 is 0 Å². The zero-order valence-electron chi connectivity index (χ0n) is 6.67. The van der Waals surface area contributed by atoms with Crippen LogP contribution < -0.4 is 0 Å². The van der Waals surface area contributed by atoms with Gasteiger partial charge in [-0.25, -0.2) is 0 Å². The van der Waals surface area contributed by atoms with Gasteiger partial charge in [0.2, 0.25) is 0 Å². The van der Waals surface area contributed by atoms with Crippen LogP contribution in [-0.4, -0.2) is 0 Å². The van der Waals surface area contributed by atoms with Crippen LogP contribution in [0.5, 0.6) is 0 Å². The lowest BCUT2D eigenvalue weighted by Crippen LogP contribution is -1.57. The fraction of sp³-hybridized carbons (Fsp3) is 0.200. The average molecular weight is 134 g/mol. The Balaban J connectivity index is 3.67. The largest absolute Gasteiger partial charge is 0.0991 e. The van der Waals surface area contributed by atoms with Crippen LogP contribution in [0.2, 0.25) is 0 Å². The van der Waals surface area contributed by atoms with Gasteiger partial charge in [0.1, 0.15) is 0 Å². The predicted molar refractivity (Wildman–Crippen MR) is 47.9 cm³/mol.